The molecule has 0 bridgehead atoms. The van der Waals surface area contributed by atoms with E-state index in [1.54, 1.807) is 30.3 Å². The number of amides is 2. The minimum atomic E-state index is -1.20. The molecule has 7 heteroatoms. The van der Waals surface area contributed by atoms with E-state index in [2.05, 4.69) is 10.6 Å². The zero-order valence-electron chi connectivity index (χ0n) is 14.2. The first kappa shape index (κ1) is 19.0. The van der Waals surface area contributed by atoms with Crippen LogP contribution in [0, 0.1) is 6.92 Å². The molecular formula is C19H20N2O5. The molecule has 136 valence electrons. The van der Waals surface area contributed by atoms with Gasteiger partial charge in [0.2, 0.25) is 11.8 Å². The quantitative estimate of drug-likeness (QED) is 0.565. The average Bonchev–Trinajstić information content (AvgIpc) is 2.56. The maximum absolute atomic E-state index is 12.0. The van der Waals surface area contributed by atoms with Crippen molar-refractivity contribution < 1.29 is 24.6 Å². The Kier molecular flexibility index (Phi) is 6.32. The van der Waals surface area contributed by atoms with E-state index in [9.17, 15) is 24.6 Å². The van der Waals surface area contributed by atoms with E-state index in [0.29, 0.717) is 11.3 Å². The molecule has 2 amide bonds. The van der Waals surface area contributed by atoms with Gasteiger partial charge in [-0.05, 0) is 42.3 Å². The molecule has 2 aromatic rings. The summed E-state index contributed by atoms with van der Waals surface area (Å²) in [4.78, 5) is 35.3. The molecule has 0 aromatic heterocycles. The summed E-state index contributed by atoms with van der Waals surface area (Å²) in [7, 11) is 0. The summed E-state index contributed by atoms with van der Waals surface area (Å²) in [6.45, 7) is 1.88. The monoisotopic (exact) mass is 356 g/mol. The van der Waals surface area contributed by atoms with Gasteiger partial charge >= 0.3 is 5.97 Å². The molecule has 2 aromatic carbocycles. The Balaban J connectivity index is 1.91. The zero-order chi connectivity index (χ0) is 19.1. The average molecular weight is 356 g/mol. The number of phenols is 1. The lowest BCUT2D eigenvalue weighted by Crippen LogP contribution is -2.43. The first-order valence-corrected chi connectivity index (χ1v) is 8.00. The summed E-state index contributed by atoms with van der Waals surface area (Å²) >= 11 is 0. The molecule has 4 N–H and O–H groups in total. The zero-order valence-corrected chi connectivity index (χ0v) is 14.2. The number of aryl methyl sites for hydroxylation is 1. The molecule has 0 fully saturated rings. The molecule has 0 saturated carbocycles. The molecule has 0 spiro atoms. The summed E-state index contributed by atoms with van der Waals surface area (Å²) in [6, 6.07) is 12.0. The molecule has 0 heterocycles. The number of hydrogen-bond acceptors (Lipinski definition) is 4. The summed E-state index contributed by atoms with van der Waals surface area (Å²) in [5.74, 6) is -2.34. The lowest BCUT2D eigenvalue weighted by atomic mass is 10.1. The van der Waals surface area contributed by atoms with Crippen molar-refractivity contribution in [1.82, 2.24) is 5.32 Å². The highest BCUT2D eigenvalue weighted by atomic mass is 16.4. The van der Waals surface area contributed by atoms with Crippen LogP contribution in [0.15, 0.2) is 48.5 Å². The number of carbonyl (C=O) groups excluding carboxylic acids is 2. The van der Waals surface area contributed by atoms with Gasteiger partial charge in [-0.25, -0.2) is 4.79 Å². The second kappa shape index (κ2) is 8.66. The number of carboxylic acids is 1. The number of anilines is 1. The van der Waals surface area contributed by atoms with Crippen LogP contribution in [0.5, 0.6) is 5.75 Å². The van der Waals surface area contributed by atoms with E-state index in [4.69, 9.17) is 0 Å². The first-order valence-electron chi connectivity index (χ1n) is 8.00. The van der Waals surface area contributed by atoms with Gasteiger partial charge < -0.3 is 20.8 Å². The van der Waals surface area contributed by atoms with Gasteiger partial charge in [0.15, 0.2) is 0 Å². The number of aliphatic carboxylic acids is 1. The predicted octanol–water partition coefficient (Wildman–Crippen LogP) is 1.84. The highest BCUT2D eigenvalue weighted by molar-refractivity contribution is 6.04. The lowest BCUT2D eigenvalue weighted by molar-refractivity contribution is -0.142. The topological polar surface area (TPSA) is 116 Å². The predicted molar refractivity (Wildman–Crippen MR) is 95.8 cm³/mol. The Morgan fingerprint density at radius 1 is 1.04 bits per heavy atom. The Bertz CT molecular complexity index is 802. The summed E-state index contributed by atoms with van der Waals surface area (Å²) in [5, 5.41) is 23.5. The molecule has 0 unspecified atom stereocenters. The van der Waals surface area contributed by atoms with Crippen LogP contribution in [0.2, 0.25) is 0 Å². The van der Waals surface area contributed by atoms with Crippen LogP contribution in [-0.2, 0) is 20.8 Å². The first-order chi connectivity index (χ1) is 12.3. The molecule has 7 nitrogen and oxygen atoms in total. The van der Waals surface area contributed by atoms with E-state index in [-0.39, 0.29) is 12.2 Å². The van der Waals surface area contributed by atoms with Gasteiger partial charge in [0.1, 0.15) is 18.2 Å². The number of benzene rings is 2. The van der Waals surface area contributed by atoms with Crippen molar-refractivity contribution in [3.63, 3.8) is 0 Å². The van der Waals surface area contributed by atoms with Crippen molar-refractivity contribution in [2.75, 3.05) is 5.32 Å². The highest BCUT2D eigenvalue weighted by Gasteiger charge is 2.21. The molecule has 0 aliphatic heterocycles. The van der Waals surface area contributed by atoms with Gasteiger partial charge in [0, 0.05) is 12.1 Å². The summed E-state index contributed by atoms with van der Waals surface area (Å²) in [6.07, 6.45) is -0.436. The van der Waals surface area contributed by atoms with Crippen LogP contribution in [0.1, 0.15) is 17.5 Å². The minimum Gasteiger partial charge on any atom is -0.508 e. The van der Waals surface area contributed by atoms with Crippen LogP contribution in [0.4, 0.5) is 5.69 Å². The smallest absolute Gasteiger partial charge is 0.326 e. The number of carboxylic acid groups (broad SMARTS) is 1. The van der Waals surface area contributed by atoms with Gasteiger partial charge in [-0.2, -0.15) is 0 Å². The summed E-state index contributed by atoms with van der Waals surface area (Å²) in [5.41, 5.74) is 2.17. The number of aromatic hydroxyl groups is 1. The number of carbonyl (C=O) groups is 3. The summed E-state index contributed by atoms with van der Waals surface area (Å²) < 4.78 is 0. The molecule has 0 radical (unpaired) electrons. The van der Waals surface area contributed by atoms with E-state index in [1.807, 2.05) is 13.0 Å². The van der Waals surface area contributed by atoms with Crippen molar-refractivity contribution in [3.05, 3.63) is 59.7 Å². The maximum atomic E-state index is 12.0. The molecule has 26 heavy (non-hydrogen) atoms. The van der Waals surface area contributed by atoms with Crippen LogP contribution < -0.4 is 10.6 Å². The largest absolute Gasteiger partial charge is 0.508 e. The Labute approximate surface area is 150 Å². The lowest BCUT2D eigenvalue weighted by Gasteiger charge is -2.15. The molecule has 1 atom stereocenters. The van der Waals surface area contributed by atoms with Crippen LogP contribution in [0.3, 0.4) is 0 Å². The second-order valence-electron chi connectivity index (χ2n) is 5.92. The number of phenolic OH excluding ortho intramolecular Hbond substituents is 1. The van der Waals surface area contributed by atoms with Gasteiger partial charge in [-0.15, -0.1) is 0 Å². The second-order valence-corrected chi connectivity index (χ2v) is 5.92. The SMILES string of the molecule is Cc1cccc(NC(=O)CC(=O)N[C@@H](Cc2ccc(O)cc2)C(=O)O)c1. The normalized spacial score (nSPS) is 11.4. The highest BCUT2D eigenvalue weighted by Crippen LogP contribution is 2.12. The van der Waals surface area contributed by atoms with Crippen molar-refractivity contribution in [3.8, 4) is 5.75 Å². The third-order valence-corrected chi connectivity index (χ3v) is 3.63. The van der Waals surface area contributed by atoms with Crippen molar-refractivity contribution in [2.45, 2.75) is 25.8 Å². The fourth-order valence-electron chi connectivity index (χ4n) is 2.39. The van der Waals surface area contributed by atoms with Crippen molar-refractivity contribution >= 4 is 23.5 Å². The van der Waals surface area contributed by atoms with Crippen LogP contribution in [0.25, 0.3) is 0 Å². The molecular weight excluding hydrogens is 336 g/mol. The van der Waals surface area contributed by atoms with Crippen LogP contribution >= 0.6 is 0 Å². The molecule has 0 aliphatic rings. The van der Waals surface area contributed by atoms with Gasteiger partial charge in [-0.1, -0.05) is 24.3 Å². The molecule has 0 saturated heterocycles. The number of rotatable bonds is 7. The van der Waals surface area contributed by atoms with E-state index in [0.717, 1.165) is 5.56 Å². The fourth-order valence-corrected chi connectivity index (χ4v) is 2.39. The number of nitrogens with one attached hydrogen (secondary N) is 2. The Morgan fingerprint density at radius 2 is 1.73 bits per heavy atom. The molecule has 0 aliphatic carbocycles. The maximum Gasteiger partial charge on any atom is 0.326 e. The van der Waals surface area contributed by atoms with E-state index in [1.165, 1.54) is 12.1 Å². The minimum absolute atomic E-state index is 0.0425. The van der Waals surface area contributed by atoms with E-state index < -0.39 is 30.2 Å². The van der Waals surface area contributed by atoms with E-state index >= 15 is 0 Å². The fraction of sp³-hybridized carbons (Fsp3) is 0.211. The third-order valence-electron chi connectivity index (χ3n) is 3.63. The van der Waals surface area contributed by atoms with Gasteiger partial charge in [-0.3, -0.25) is 9.59 Å². The van der Waals surface area contributed by atoms with Crippen molar-refractivity contribution in [2.24, 2.45) is 0 Å². The standard InChI is InChI=1S/C19H20N2O5/c1-12-3-2-4-14(9-12)20-17(23)11-18(24)21-16(19(25)26)10-13-5-7-15(22)8-6-13/h2-9,16,22H,10-11H2,1H3,(H,20,23)(H,21,24)(H,25,26)/t16-/m0/s1. The third kappa shape index (κ3) is 5.94. The van der Waals surface area contributed by atoms with Gasteiger partial charge in [0.25, 0.3) is 0 Å². The van der Waals surface area contributed by atoms with Crippen molar-refractivity contribution in [1.29, 1.82) is 0 Å². The Morgan fingerprint density at radius 3 is 2.35 bits per heavy atom. The molecule has 2 rings (SSSR count). The van der Waals surface area contributed by atoms with Gasteiger partial charge in [0.05, 0.1) is 0 Å². The number of hydrogen-bond donors (Lipinski definition) is 4. The van der Waals surface area contributed by atoms with Crippen LogP contribution in [-0.4, -0.2) is 34.0 Å². The Hall–Kier alpha value is -3.35.